The minimum atomic E-state index is -3.52. The molecule has 2 aromatic heterocycles. The number of hydrogen-bond acceptors (Lipinski definition) is 5. The van der Waals surface area contributed by atoms with E-state index in [1.54, 1.807) is 24.4 Å². The van der Waals surface area contributed by atoms with E-state index in [1.165, 1.54) is 17.5 Å². The van der Waals surface area contributed by atoms with E-state index in [2.05, 4.69) is 21.9 Å². The third kappa shape index (κ3) is 4.03. The van der Waals surface area contributed by atoms with Crippen molar-refractivity contribution in [2.24, 2.45) is 0 Å². The molecule has 0 radical (unpaired) electrons. The average Bonchev–Trinajstić information content (AvgIpc) is 2.89. The first-order valence-corrected chi connectivity index (χ1v) is 8.64. The molecule has 0 fully saturated rings. The van der Waals surface area contributed by atoms with E-state index >= 15 is 0 Å². The number of pyridine rings is 1. The number of sulfonamides is 1. The highest BCUT2D eigenvalue weighted by Crippen LogP contribution is 2.23. The molecule has 0 atom stereocenters. The Morgan fingerprint density at radius 3 is 2.85 bits per heavy atom. The summed E-state index contributed by atoms with van der Waals surface area (Å²) in [5.74, 6) is 0. The van der Waals surface area contributed by atoms with E-state index in [9.17, 15) is 8.42 Å². The molecule has 108 valence electrons. The van der Waals surface area contributed by atoms with E-state index in [1.807, 2.05) is 6.07 Å². The summed E-state index contributed by atoms with van der Waals surface area (Å²) in [7, 11) is -3.52. The highest BCUT2D eigenvalue weighted by molar-refractivity contribution is 7.94. The van der Waals surface area contributed by atoms with Crippen molar-refractivity contribution < 1.29 is 8.42 Å². The smallest absolute Gasteiger partial charge is 0.271 e. The Balaban J connectivity index is 2.06. The number of aromatic nitrogens is 1. The Hall–Kier alpha value is -1.44. The lowest BCUT2D eigenvalue weighted by atomic mass is 10.4. The van der Waals surface area contributed by atoms with Gasteiger partial charge in [-0.25, -0.2) is 8.42 Å². The largest absolute Gasteiger partial charge is 0.312 e. The van der Waals surface area contributed by atoms with Crippen LogP contribution >= 0.6 is 11.3 Å². The third-order valence-electron chi connectivity index (χ3n) is 2.54. The lowest BCUT2D eigenvalue weighted by molar-refractivity contribution is 0.603. The molecular weight excluding hydrogens is 294 g/mol. The number of hydrogen-bond donors (Lipinski definition) is 2. The second-order valence-corrected chi connectivity index (χ2v) is 7.32. The first kappa shape index (κ1) is 15.0. The fourth-order valence-electron chi connectivity index (χ4n) is 1.61. The molecule has 20 heavy (non-hydrogen) atoms. The number of rotatable bonds is 7. The maximum atomic E-state index is 12.2. The molecule has 0 amide bonds. The second kappa shape index (κ2) is 6.83. The summed E-state index contributed by atoms with van der Waals surface area (Å²) >= 11 is 1.28. The molecule has 0 saturated carbocycles. The van der Waals surface area contributed by atoms with E-state index in [4.69, 9.17) is 0 Å². The number of anilines is 1. The molecule has 2 aromatic rings. The molecule has 0 aromatic carbocycles. The minimum Gasteiger partial charge on any atom is -0.312 e. The Bertz CT molecular complexity index is 639. The van der Waals surface area contributed by atoms with Gasteiger partial charge in [0.05, 0.1) is 11.9 Å². The van der Waals surface area contributed by atoms with Crippen LogP contribution in [0.1, 0.15) is 18.2 Å². The summed E-state index contributed by atoms with van der Waals surface area (Å²) in [6.45, 7) is 3.71. The monoisotopic (exact) mass is 311 g/mol. The van der Waals surface area contributed by atoms with Crippen molar-refractivity contribution in [3.63, 3.8) is 0 Å². The molecule has 0 aliphatic heterocycles. The fourth-order valence-corrected chi connectivity index (χ4v) is 3.98. The lowest BCUT2D eigenvalue weighted by Gasteiger charge is -2.05. The zero-order chi connectivity index (χ0) is 14.4. The summed E-state index contributed by atoms with van der Waals surface area (Å²) < 4.78 is 27.2. The van der Waals surface area contributed by atoms with Crippen LogP contribution in [0.4, 0.5) is 5.69 Å². The topological polar surface area (TPSA) is 71.1 Å². The van der Waals surface area contributed by atoms with Crippen LogP contribution in [0, 0.1) is 0 Å². The summed E-state index contributed by atoms with van der Waals surface area (Å²) in [6, 6.07) is 6.83. The molecule has 0 bridgehead atoms. The van der Waals surface area contributed by atoms with Gasteiger partial charge in [-0.2, -0.15) is 0 Å². The van der Waals surface area contributed by atoms with Crippen LogP contribution in [0.25, 0.3) is 0 Å². The molecule has 2 heterocycles. The van der Waals surface area contributed by atoms with E-state index < -0.39 is 10.0 Å². The third-order valence-corrected chi connectivity index (χ3v) is 5.50. The number of nitrogens with zero attached hydrogens (tertiary/aromatic N) is 1. The van der Waals surface area contributed by atoms with Gasteiger partial charge in [0.15, 0.2) is 0 Å². The Morgan fingerprint density at radius 2 is 2.15 bits per heavy atom. The standard InChI is InChI=1S/C13H17N3O2S2/c1-2-7-14-10-12-5-6-13(19-12)20(17,18)16-11-4-3-8-15-9-11/h3-6,8-9,14,16H,2,7,10H2,1H3. The van der Waals surface area contributed by atoms with Gasteiger partial charge in [0.2, 0.25) is 0 Å². The second-order valence-electron chi connectivity index (χ2n) is 4.24. The highest BCUT2D eigenvalue weighted by Gasteiger charge is 2.16. The van der Waals surface area contributed by atoms with E-state index in [0.29, 0.717) is 16.4 Å². The van der Waals surface area contributed by atoms with Gasteiger partial charge in [-0.3, -0.25) is 9.71 Å². The summed E-state index contributed by atoms with van der Waals surface area (Å²) in [5.41, 5.74) is 0.464. The summed E-state index contributed by atoms with van der Waals surface area (Å²) in [6.07, 6.45) is 4.13. The fraction of sp³-hybridized carbons (Fsp3) is 0.308. The van der Waals surface area contributed by atoms with Gasteiger partial charge in [-0.05, 0) is 37.2 Å². The van der Waals surface area contributed by atoms with Crippen LogP contribution in [0.5, 0.6) is 0 Å². The van der Waals surface area contributed by atoms with Crippen LogP contribution < -0.4 is 10.0 Å². The molecular formula is C13H17N3O2S2. The van der Waals surface area contributed by atoms with Crippen LogP contribution in [-0.2, 0) is 16.6 Å². The van der Waals surface area contributed by atoms with Crippen molar-refractivity contribution >= 4 is 27.0 Å². The molecule has 0 aliphatic rings. The van der Waals surface area contributed by atoms with Gasteiger partial charge in [0.25, 0.3) is 10.0 Å². The Morgan fingerprint density at radius 1 is 1.30 bits per heavy atom. The van der Waals surface area contributed by atoms with Crippen LogP contribution in [-0.4, -0.2) is 19.9 Å². The molecule has 5 nitrogen and oxygen atoms in total. The van der Waals surface area contributed by atoms with Gasteiger partial charge in [-0.1, -0.05) is 6.92 Å². The maximum absolute atomic E-state index is 12.2. The Labute approximate surface area is 123 Å². The molecule has 2 rings (SSSR count). The zero-order valence-corrected chi connectivity index (χ0v) is 12.8. The van der Waals surface area contributed by atoms with Gasteiger partial charge < -0.3 is 5.32 Å². The number of thiophene rings is 1. The predicted molar refractivity (Wildman–Crippen MR) is 81.4 cm³/mol. The average molecular weight is 311 g/mol. The highest BCUT2D eigenvalue weighted by atomic mass is 32.2. The van der Waals surface area contributed by atoms with E-state index in [-0.39, 0.29) is 0 Å². The van der Waals surface area contributed by atoms with Crippen molar-refractivity contribution in [1.82, 2.24) is 10.3 Å². The molecule has 0 aliphatic carbocycles. The molecule has 0 saturated heterocycles. The van der Waals surface area contributed by atoms with Gasteiger partial charge in [0, 0.05) is 17.6 Å². The lowest BCUT2D eigenvalue weighted by Crippen LogP contribution is -2.13. The minimum absolute atomic E-state index is 0.314. The first-order valence-electron chi connectivity index (χ1n) is 6.34. The van der Waals surface area contributed by atoms with Crippen LogP contribution in [0.15, 0.2) is 40.9 Å². The first-order chi connectivity index (χ1) is 9.62. The van der Waals surface area contributed by atoms with Crippen molar-refractivity contribution in [3.8, 4) is 0 Å². The van der Waals surface area contributed by atoms with Crippen LogP contribution in [0.2, 0.25) is 0 Å². The quantitative estimate of drug-likeness (QED) is 0.771. The summed E-state index contributed by atoms with van der Waals surface area (Å²) in [4.78, 5) is 4.89. The van der Waals surface area contributed by atoms with Crippen molar-refractivity contribution in [3.05, 3.63) is 41.5 Å². The molecule has 0 spiro atoms. The van der Waals surface area contributed by atoms with Crippen LogP contribution in [0.3, 0.4) is 0 Å². The van der Waals surface area contributed by atoms with Crippen molar-refractivity contribution in [2.45, 2.75) is 24.1 Å². The summed E-state index contributed by atoms with van der Waals surface area (Å²) in [5, 5.41) is 3.25. The van der Waals surface area contributed by atoms with E-state index in [0.717, 1.165) is 17.8 Å². The zero-order valence-electron chi connectivity index (χ0n) is 11.2. The van der Waals surface area contributed by atoms with Crippen molar-refractivity contribution in [1.29, 1.82) is 0 Å². The normalized spacial score (nSPS) is 11.4. The molecule has 2 N–H and O–H groups in total. The van der Waals surface area contributed by atoms with Crippen molar-refractivity contribution in [2.75, 3.05) is 11.3 Å². The molecule has 0 unspecified atom stereocenters. The maximum Gasteiger partial charge on any atom is 0.271 e. The predicted octanol–water partition coefficient (Wildman–Crippen LogP) is 2.44. The number of nitrogens with one attached hydrogen (secondary N) is 2. The SMILES string of the molecule is CCCNCc1ccc(S(=O)(=O)Nc2cccnc2)s1. The van der Waals surface area contributed by atoms with Gasteiger partial charge in [-0.15, -0.1) is 11.3 Å². The van der Waals surface area contributed by atoms with Gasteiger partial charge >= 0.3 is 0 Å². The van der Waals surface area contributed by atoms with Gasteiger partial charge in [0.1, 0.15) is 4.21 Å². The molecule has 7 heteroatoms. The Kier molecular flexibility index (Phi) is 5.11.